The number of hydrogen-bond donors (Lipinski definition) is 0. The van der Waals surface area contributed by atoms with Crippen LogP contribution in [0.15, 0.2) is 12.1 Å². The van der Waals surface area contributed by atoms with E-state index in [1.807, 2.05) is 25.3 Å². The third-order valence-corrected chi connectivity index (χ3v) is 3.53. The second kappa shape index (κ2) is 5.14. The van der Waals surface area contributed by atoms with Crippen LogP contribution in [0.5, 0.6) is 0 Å². The molecule has 0 saturated heterocycles. The molecule has 1 rings (SSSR count). The Bertz CT molecular complexity index is 324. The van der Waals surface area contributed by atoms with Gasteiger partial charge >= 0.3 is 0 Å². The minimum Gasteiger partial charge on any atom is -0.286 e. The molecule has 76 valence electrons. The standard InChI is InChI=1S/C11H16N2S/c1-4-10-5-6-11(14-10)8-13(3)9(2)7-12/h5-6,9H,4,8H2,1-3H3. The number of hydrogen-bond acceptors (Lipinski definition) is 3. The highest BCUT2D eigenvalue weighted by atomic mass is 32.1. The Morgan fingerprint density at radius 1 is 1.50 bits per heavy atom. The third kappa shape index (κ3) is 2.83. The summed E-state index contributed by atoms with van der Waals surface area (Å²) >= 11 is 1.84. The van der Waals surface area contributed by atoms with E-state index in [4.69, 9.17) is 5.26 Å². The zero-order chi connectivity index (χ0) is 10.6. The fourth-order valence-corrected chi connectivity index (χ4v) is 2.20. The van der Waals surface area contributed by atoms with Crippen molar-refractivity contribution in [3.63, 3.8) is 0 Å². The van der Waals surface area contributed by atoms with Gasteiger partial charge < -0.3 is 0 Å². The third-order valence-electron chi connectivity index (χ3n) is 2.32. The van der Waals surface area contributed by atoms with E-state index in [2.05, 4.69) is 30.0 Å². The van der Waals surface area contributed by atoms with E-state index >= 15 is 0 Å². The van der Waals surface area contributed by atoms with E-state index in [9.17, 15) is 0 Å². The smallest absolute Gasteiger partial charge is 0.0950 e. The average molecular weight is 208 g/mol. The molecule has 1 aromatic heterocycles. The zero-order valence-electron chi connectivity index (χ0n) is 8.95. The largest absolute Gasteiger partial charge is 0.286 e. The second-order valence-corrected chi connectivity index (χ2v) is 4.69. The van der Waals surface area contributed by atoms with Gasteiger partial charge in [0, 0.05) is 16.3 Å². The fraction of sp³-hybridized carbons (Fsp3) is 0.545. The number of nitrogens with zero attached hydrogens (tertiary/aromatic N) is 2. The molecule has 0 aliphatic rings. The lowest BCUT2D eigenvalue weighted by molar-refractivity contribution is 0.297. The van der Waals surface area contributed by atoms with Crippen LogP contribution in [0.2, 0.25) is 0 Å². The number of rotatable bonds is 4. The Morgan fingerprint density at radius 3 is 2.64 bits per heavy atom. The maximum Gasteiger partial charge on any atom is 0.0950 e. The number of aryl methyl sites for hydroxylation is 1. The Hall–Kier alpha value is -0.850. The predicted octanol–water partition coefficient (Wildman–Crippen LogP) is 2.65. The Morgan fingerprint density at radius 2 is 2.14 bits per heavy atom. The summed E-state index contributed by atoms with van der Waals surface area (Å²) in [6.45, 7) is 4.96. The maximum absolute atomic E-state index is 8.75. The molecule has 0 amide bonds. The minimum atomic E-state index is -0.0119. The van der Waals surface area contributed by atoms with Gasteiger partial charge in [0.05, 0.1) is 12.1 Å². The second-order valence-electron chi connectivity index (χ2n) is 3.44. The van der Waals surface area contributed by atoms with E-state index in [1.54, 1.807) is 0 Å². The lowest BCUT2D eigenvalue weighted by Crippen LogP contribution is -2.26. The highest BCUT2D eigenvalue weighted by Crippen LogP contribution is 2.18. The lowest BCUT2D eigenvalue weighted by Gasteiger charge is -2.17. The Kier molecular flexibility index (Phi) is 4.12. The molecule has 0 aromatic carbocycles. The van der Waals surface area contributed by atoms with Gasteiger partial charge in [-0.3, -0.25) is 4.90 Å². The predicted molar refractivity (Wildman–Crippen MR) is 60.2 cm³/mol. The van der Waals surface area contributed by atoms with Crippen LogP contribution in [0.25, 0.3) is 0 Å². The summed E-state index contributed by atoms with van der Waals surface area (Å²) in [5.41, 5.74) is 0. The molecule has 2 nitrogen and oxygen atoms in total. The molecule has 1 aromatic rings. The van der Waals surface area contributed by atoms with Gasteiger partial charge in [0.1, 0.15) is 0 Å². The maximum atomic E-state index is 8.75. The van der Waals surface area contributed by atoms with Crippen molar-refractivity contribution in [3.05, 3.63) is 21.9 Å². The normalized spacial score (nSPS) is 12.8. The van der Waals surface area contributed by atoms with Crippen LogP contribution in [-0.2, 0) is 13.0 Å². The van der Waals surface area contributed by atoms with Crippen LogP contribution < -0.4 is 0 Å². The van der Waals surface area contributed by atoms with Crippen molar-refractivity contribution in [2.75, 3.05) is 7.05 Å². The van der Waals surface area contributed by atoms with Gasteiger partial charge in [-0.05, 0) is 32.5 Å². The molecule has 0 aliphatic heterocycles. The van der Waals surface area contributed by atoms with Crippen LogP contribution >= 0.6 is 11.3 Å². The first-order valence-corrected chi connectivity index (χ1v) is 5.66. The van der Waals surface area contributed by atoms with Crippen molar-refractivity contribution < 1.29 is 0 Å². The van der Waals surface area contributed by atoms with Crippen LogP contribution in [0.1, 0.15) is 23.6 Å². The molecule has 0 saturated carbocycles. The minimum absolute atomic E-state index is 0.0119. The first-order valence-electron chi connectivity index (χ1n) is 4.84. The molecule has 0 bridgehead atoms. The van der Waals surface area contributed by atoms with Crippen LogP contribution in [-0.4, -0.2) is 18.0 Å². The van der Waals surface area contributed by atoms with Crippen LogP contribution in [0, 0.1) is 11.3 Å². The zero-order valence-corrected chi connectivity index (χ0v) is 9.77. The molecule has 0 aliphatic carbocycles. The Balaban J connectivity index is 2.56. The van der Waals surface area contributed by atoms with E-state index in [0.29, 0.717) is 0 Å². The van der Waals surface area contributed by atoms with Crippen LogP contribution in [0.4, 0.5) is 0 Å². The highest BCUT2D eigenvalue weighted by molar-refractivity contribution is 7.11. The molecule has 3 heteroatoms. The van der Waals surface area contributed by atoms with Gasteiger partial charge in [0.15, 0.2) is 0 Å². The van der Waals surface area contributed by atoms with Crippen molar-refractivity contribution in [2.24, 2.45) is 0 Å². The SMILES string of the molecule is CCc1ccc(CN(C)C(C)C#N)s1. The molecule has 1 atom stereocenters. The van der Waals surface area contributed by atoms with E-state index in [1.165, 1.54) is 9.75 Å². The van der Waals surface area contributed by atoms with Crippen molar-refractivity contribution in [2.45, 2.75) is 32.9 Å². The molecule has 1 unspecified atom stereocenters. The van der Waals surface area contributed by atoms with Gasteiger partial charge in [0.2, 0.25) is 0 Å². The summed E-state index contributed by atoms with van der Waals surface area (Å²) in [6.07, 6.45) is 1.10. The van der Waals surface area contributed by atoms with E-state index < -0.39 is 0 Å². The summed E-state index contributed by atoms with van der Waals surface area (Å²) in [6, 6.07) is 6.55. The first kappa shape index (κ1) is 11.2. The summed E-state index contributed by atoms with van der Waals surface area (Å²) in [4.78, 5) is 4.81. The van der Waals surface area contributed by atoms with Crippen molar-refractivity contribution in [1.29, 1.82) is 5.26 Å². The topological polar surface area (TPSA) is 27.0 Å². The number of thiophene rings is 1. The van der Waals surface area contributed by atoms with Gasteiger partial charge in [-0.25, -0.2) is 0 Å². The van der Waals surface area contributed by atoms with Crippen molar-refractivity contribution >= 4 is 11.3 Å². The molecular weight excluding hydrogens is 192 g/mol. The van der Waals surface area contributed by atoms with Gasteiger partial charge in [-0.15, -0.1) is 11.3 Å². The quantitative estimate of drug-likeness (QED) is 0.760. The molecule has 14 heavy (non-hydrogen) atoms. The molecule has 1 heterocycles. The summed E-state index contributed by atoms with van der Waals surface area (Å²) in [5, 5.41) is 8.75. The molecule has 0 spiro atoms. The van der Waals surface area contributed by atoms with E-state index in [-0.39, 0.29) is 6.04 Å². The van der Waals surface area contributed by atoms with Crippen LogP contribution in [0.3, 0.4) is 0 Å². The molecule has 0 radical (unpaired) electrons. The van der Waals surface area contributed by atoms with Gasteiger partial charge in [0.25, 0.3) is 0 Å². The van der Waals surface area contributed by atoms with Gasteiger partial charge in [-0.1, -0.05) is 6.92 Å². The monoisotopic (exact) mass is 208 g/mol. The fourth-order valence-electron chi connectivity index (χ4n) is 1.18. The lowest BCUT2D eigenvalue weighted by atomic mass is 10.3. The van der Waals surface area contributed by atoms with E-state index in [0.717, 1.165) is 13.0 Å². The van der Waals surface area contributed by atoms with Gasteiger partial charge in [-0.2, -0.15) is 5.26 Å². The summed E-state index contributed by atoms with van der Waals surface area (Å²) < 4.78 is 0. The molecular formula is C11H16N2S. The molecule has 0 fully saturated rings. The number of nitriles is 1. The summed E-state index contributed by atoms with van der Waals surface area (Å²) in [7, 11) is 1.99. The van der Waals surface area contributed by atoms with Crippen molar-refractivity contribution in [1.82, 2.24) is 4.90 Å². The Labute approximate surface area is 89.8 Å². The summed E-state index contributed by atoms with van der Waals surface area (Å²) in [5.74, 6) is 0. The highest BCUT2D eigenvalue weighted by Gasteiger charge is 2.09. The average Bonchev–Trinajstić information content (AvgIpc) is 2.64. The first-order chi connectivity index (χ1) is 6.67. The molecule has 0 N–H and O–H groups in total. The van der Waals surface area contributed by atoms with Crippen molar-refractivity contribution in [3.8, 4) is 6.07 Å².